The minimum absolute atomic E-state index is 0.354. The van der Waals surface area contributed by atoms with Crippen molar-refractivity contribution >= 4 is 15.9 Å². The monoisotopic (exact) mass is 327 g/mol. The van der Waals surface area contributed by atoms with Crippen LogP contribution in [0.1, 0.15) is 50.8 Å². The van der Waals surface area contributed by atoms with Crippen molar-refractivity contribution in [2.45, 2.75) is 46.6 Å². The summed E-state index contributed by atoms with van der Waals surface area (Å²) in [5.74, 6) is 1.68. The van der Waals surface area contributed by atoms with Crippen LogP contribution < -0.4 is 10.1 Å². The maximum Gasteiger partial charge on any atom is 0.123 e. The van der Waals surface area contributed by atoms with Crippen molar-refractivity contribution in [3.63, 3.8) is 0 Å². The van der Waals surface area contributed by atoms with Gasteiger partial charge in [0, 0.05) is 16.1 Å². The lowest BCUT2D eigenvalue weighted by molar-refractivity contribution is 0.373. The Hall–Kier alpha value is -0.540. The SMILES string of the molecule is CCNC(CC(C)CC)c1cc(Br)c(C)cc1OC. The predicted molar refractivity (Wildman–Crippen MR) is 85.9 cm³/mol. The largest absolute Gasteiger partial charge is 0.496 e. The van der Waals surface area contributed by atoms with Crippen LogP contribution in [0.2, 0.25) is 0 Å². The van der Waals surface area contributed by atoms with Crippen LogP contribution in [-0.2, 0) is 0 Å². The maximum absolute atomic E-state index is 5.56. The molecule has 108 valence electrons. The van der Waals surface area contributed by atoms with Crippen molar-refractivity contribution in [2.75, 3.05) is 13.7 Å². The molecule has 1 aromatic rings. The summed E-state index contributed by atoms with van der Waals surface area (Å²) in [6.45, 7) is 9.76. The first kappa shape index (κ1) is 16.5. The van der Waals surface area contributed by atoms with E-state index < -0.39 is 0 Å². The zero-order valence-corrected chi connectivity index (χ0v) is 14.3. The molecule has 0 saturated carbocycles. The number of rotatable bonds is 7. The van der Waals surface area contributed by atoms with E-state index in [4.69, 9.17) is 4.74 Å². The third-order valence-electron chi connectivity index (χ3n) is 3.67. The number of hydrogen-bond acceptors (Lipinski definition) is 2. The molecule has 0 aliphatic heterocycles. The zero-order chi connectivity index (χ0) is 14.4. The third kappa shape index (κ3) is 4.50. The van der Waals surface area contributed by atoms with Crippen molar-refractivity contribution < 1.29 is 4.74 Å². The highest BCUT2D eigenvalue weighted by Crippen LogP contribution is 2.34. The number of aryl methyl sites for hydroxylation is 1. The highest BCUT2D eigenvalue weighted by molar-refractivity contribution is 9.10. The summed E-state index contributed by atoms with van der Waals surface area (Å²) >= 11 is 3.63. The molecule has 0 aliphatic carbocycles. The van der Waals surface area contributed by atoms with Gasteiger partial charge in [-0.2, -0.15) is 0 Å². The molecule has 1 rings (SSSR count). The summed E-state index contributed by atoms with van der Waals surface area (Å²) in [7, 11) is 1.75. The fourth-order valence-corrected chi connectivity index (χ4v) is 2.62. The van der Waals surface area contributed by atoms with Gasteiger partial charge in [-0.3, -0.25) is 0 Å². The van der Waals surface area contributed by atoms with Gasteiger partial charge >= 0.3 is 0 Å². The second kappa shape index (κ2) is 7.91. The van der Waals surface area contributed by atoms with Crippen molar-refractivity contribution in [3.8, 4) is 5.75 Å². The summed E-state index contributed by atoms with van der Waals surface area (Å²) in [5, 5.41) is 3.58. The van der Waals surface area contributed by atoms with E-state index in [1.807, 2.05) is 0 Å². The Kier molecular flexibility index (Phi) is 6.87. The highest BCUT2D eigenvalue weighted by Gasteiger charge is 2.18. The molecule has 0 aromatic heterocycles. The Morgan fingerprint density at radius 1 is 1.32 bits per heavy atom. The smallest absolute Gasteiger partial charge is 0.123 e. The van der Waals surface area contributed by atoms with Crippen LogP contribution >= 0.6 is 15.9 Å². The Labute approximate surface area is 126 Å². The number of nitrogens with one attached hydrogen (secondary N) is 1. The van der Waals surface area contributed by atoms with E-state index in [0.29, 0.717) is 12.0 Å². The second-order valence-corrected chi connectivity index (χ2v) is 6.06. The Balaban J connectivity index is 3.09. The second-order valence-electron chi connectivity index (χ2n) is 5.20. The van der Waals surface area contributed by atoms with Crippen LogP contribution in [0.3, 0.4) is 0 Å². The third-order valence-corrected chi connectivity index (χ3v) is 4.53. The van der Waals surface area contributed by atoms with Gasteiger partial charge in [-0.05, 0) is 43.5 Å². The number of hydrogen-bond donors (Lipinski definition) is 1. The molecular weight excluding hydrogens is 302 g/mol. The Bertz CT molecular complexity index is 406. The van der Waals surface area contributed by atoms with Crippen molar-refractivity contribution in [3.05, 3.63) is 27.7 Å². The van der Waals surface area contributed by atoms with Crippen LogP contribution in [-0.4, -0.2) is 13.7 Å². The number of ether oxygens (including phenoxy) is 1. The molecule has 0 radical (unpaired) electrons. The minimum Gasteiger partial charge on any atom is -0.496 e. The fraction of sp³-hybridized carbons (Fsp3) is 0.625. The first-order valence-electron chi connectivity index (χ1n) is 7.10. The van der Waals surface area contributed by atoms with E-state index in [-0.39, 0.29) is 0 Å². The summed E-state index contributed by atoms with van der Waals surface area (Å²) in [6, 6.07) is 4.66. The van der Waals surface area contributed by atoms with Crippen molar-refractivity contribution in [2.24, 2.45) is 5.92 Å². The summed E-state index contributed by atoms with van der Waals surface area (Å²) in [5.41, 5.74) is 2.46. The van der Waals surface area contributed by atoms with Gasteiger partial charge in [0.1, 0.15) is 5.75 Å². The summed E-state index contributed by atoms with van der Waals surface area (Å²) in [4.78, 5) is 0. The molecular formula is C16H26BrNO. The van der Waals surface area contributed by atoms with Gasteiger partial charge in [0.15, 0.2) is 0 Å². The van der Waals surface area contributed by atoms with Crippen LogP contribution in [0.15, 0.2) is 16.6 Å². The van der Waals surface area contributed by atoms with Gasteiger partial charge < -0.3 is 10.1 Å². The molecule has 1 N–H and O–H groups in total. The Morgan fingerprint density at radius 2 is 2.00 bits per heavy atom. The molecule has 2 atom stereocenters. The minimum atomic E-state index is 0.354. The van der Waals surface area contributed by atoms with E-state index in [2.05, 4.69) is 61.1 Å². The molecule has 0 amide bonds. The predicted octanol–water partition coefficient (Wildman–Crippen LogP) is 4.85. The molecule has 0 saturated heterocycles. The van der Waals surface area contributed by atoms with Crippen molar-refractivity contribution in [1.29, 1.82) is 0 Å². The summed E-state index contributed by atoms with van der Waals surface area (Å²) in [6.07, 6.45) is 2.34. The van der Waals surface area contributed by atoms with Gasteiger partial charge in [0.25, 0.3) is 0 Å². The molecule has 2 unspecified atom stereocenters. The lowest BCUT2D eigenvalue weighted by Crippen LogP contribution is -2.23. The van der Waals surface area contributed by atoms with Crippen LogP contribution in [0.4, 0.5) is 0 Å². The molecule has 1 aromatic carbocycles. The van der Waals surface area contributed by atoms with E-state index >= 15 is 0 Å². The quantitative estimate of drug-likeness (QED) is 0.772. The van der Waals surface area contributed by atoms with E-state index in [1.165, 1.54) is 17.5 Å². The van der Waals surface area contributed by atoms with E-state index in [0.717, 1.165) is 23.2 Å². The molecule has 0 heterocycles. The van der Waals surface area contributed by atoms with E-state index in [1.54, 1.807) is 7.11 Å². The topological polar surface area (TPSA) is 21.3 Å². The lowest BCUT2D eigenvalue weighted by Gasteiger charge is -2.24. The van der Waals surface area contributed by atoms with Gasteiger partial charge in [-0.1, -0.05) is 43.1 Å². The molecule has 2 nitrogen and oxygen atoms in total. The average Bonchev–Trinajstić information content (AvgIpc) is 2.40. The van der Waals surface area contributed by atoms with Gasteiger partial charge in [0.05, 0.1) is 7.11 Å². The lowest BCUT2D eigenvalue weighted by atomic mass is 9.93. The maximum atomic E-state index is 5.56. The molecule has 3 heteroatoms. The molecule has 0 bridgehead atoms. The molecule has 19 heavy (non-hydrogen) atoms. The van der Waals surface area contributed by atoms with Crippen LogP contribution in [0.5, 0.6) is 5.75 Å². The molecule has 0 aliphatic rings. The van der Waals surface area contributed by atoms with Gasteiger partial charge in [-0.15, -0.1) is 0 Å². The highest BCUT2D eigenvalue weighted by atomic mass is 79.9. The van der Waals surface area contributed by atoms with Crippen LogP contribution in [0.25, 0.3) is 0 Å². The average molecular weight is 328 g/mol. The van der Waals surface area contributed by atoms with E-state index in [9.17, 15) is 0 Å². The molecule has 0 fully saturated rings. The summed E-state index contributed by atoms with van der Waals surface area (Å²) < 4.78 is 6.71. The first-order valence-corrected chi connectivity index (χ1v) is 7.90. The zero-order valence-electron chi connectivity index (χ0n) is 12.7. The molecule has 0 spiro atoms. The fourth-order valence-electron chi connectivity index (χ4n) is 2.26. The van der Waals surface area contributed by atoms with Gasteiger partial charge in [-0.25, -0.2) is 0 Å². The number of methoxy groups -OCH3 is 1. The number of benzene rings is 1. The normalized spacial score (nSPS) is 14.2. The first-order chi connectivity index (χ1) is 9.03. The number of halogens is 1. The standard InChI is InChI=1S/C16H26BrNO/c1-6-11(3)8-15(18-7-2)13-10-14(17)12(4)9-16(13)19-5/h9-11,15,18H,6-8H2,1-5H3. The van der Waals surface area contributed by atoms with Crippen molar-refractivity contribution in [1.82, 2.24) is 5.32 Å². The van der Waals surface area contributed by atoms with Gasteiger partial charge in [0.2, 0.25) is 0 Å². The Morgan fingerprint density at radius 3 is 2.53 bits per heavy atom. The van der Waals surface area contributed by atoms with Crippen LogP contribution in [0, 0.1) is 12.8 Å².